The molecule has 7 heteroatoms. The Balaban J connectivity index is 0.00000220. The highest BCUT2D eigenvalue weighted by Gasteiger charge is 2.18. The summed E-state index contributed by atoms with van der Waals surface area (Å²) in [5, 5.41) is 2.92. The summed E-state index contributed by atoms with van der Waals surface area (Å²) in [6.07, 6.45) is 0.000908. The van der Waals surface area contributed by atoms with Gasteiger partial charge in [0.1, 0.15) is 0 Å². The average Bonchev–Trinajstić information content (AvgIpc) is 2.91. The first-order chi connectivity index (χ1) is 9.63. The van der Waals surface area contributed by atoms with E-state index in [4.69, 9.17) is 19.9 Å². The molecule has 0 saturated heterocycles. The zero-order valence-electron chi connectivity index (χ0n) is 12.1. The molecule has 6 nitrogen and oxygen atoms in total. The second kappa shape index (κ2) is 8.07. The number of amides is 1. The topological polar surface area (TPSA) is 82.8 Å². The predicted octanol–water partition coefficient (Wildman–Crippen LogP) is 1.38. The monoisotopic (exact) mass is 316 g/mol. The molecule has 0 aliphatic carbocycles. The van der Waals surface area contributed by atoms with E-state index in [-0.39, 0.29) is 43.7 Å². The number of hydrogen-bond acceptors (Lipinski definition) is 5. The number of nitrogens with two attached hydrogens (primary N) is 1. The molecule has 3 N–H and O–H groups in total. The number of rotatable bonds is 6. The van der Waals surface area contributed by atoms with Gasteiger partial charge in [0.2, 0.25) is 12.7 Å². The number of halogens is 1. The van der Waals surface area contributed by atoms with Crippen LogP contribution in [0.4, 0.5) is 0 Å². The van der Waals surface area contributed by atoms with Crippen molar-refractivity contribution in [3.8, 4) is 11.5 Å². The van der Waals surface area contributed by atoms with E-state index in [2.05, 4.69) is 5.32 Å². The van der Waals surface area contributed by atoms with Gasteiger partial charge in [-0.1, -0.05) is 6.07 Å². The molecule has 1 aromatic carbocycles. The van der Waals surface area contributed by atoms with Crippen molar-refractivity contribution in [3.05, 3.63) is 23.8 Å². The van der Waals surface area contributed by atoms with E-state index in [9.17, 15) is 4.79 Å². The van der Waals surface area contributed by atoms with Gasteiger partial charge in [-0.3, -0.25) is 4.79 Å². The van der Waals surface area contributed by atoms with Crippen molar-refractivity contribution in [2.24, 2.45) is 5.73 Å². The molecular formula is C14H21ClN2O4. The lowest BCUT2D eigenvalue weighted by Crippen LogP contribution is -2.33. The Hall–Kier alpha value is -1.50. The van der Waals surface area contributed by atoms with Gasteiger partial charge in [-0.05, 0) is 24.6 Å². The number of ether oxygens (including phenoxy) is 3. The molecule has 1 heterocycles. The zero-order valence-corrected chi connectivity index (χ0v) is 12.9. The van der Waals surface area contributed by atoms with Crippen molar-refractivity contribution in [1.29, 1.82) is 0 Å². The third kappa shape index (κ3) is 4.49. The molecule has 1 aliphatic heterocycles. The molecule has 0 saturated carbocycles. The second-order valence-corrected chi connectivity index (χ2v) is 4.70. The number of benzene rings is 1. The largest absolute Gasteiger partial charge is 0.454 e. The Morgan fingerprint density at radius 2 is 2.14 bits per heavy atom. The summed E-state index contributed by atoms with van der Waals surface area (Å²) in [6, 6.07) is 5.52. The molecule has 2 atom stereocenters. The van der Waals surface area contributed by atoms with Gasteiger partial charge in [-0.2, -0.15) is 0 Å². The van der Waals surface area contributed by atoms with Crippen molar-refractivity contribution in [2.75, 3.05) is 20.4 Å². The van der Waals surface area contributed by atoms with Crippen LogP contribution in [0.15, 0.2) is 18.2 Å². The zero-order chi connectivity index (χ0) is 14.5. The van der Waals surface area contributed by atoms with Crippen LogP contribution in [0.25, 0.3) is 0 Å². The van der Waals surface area contributed by atoms with Crippen LogP contribution in [-0.4, -0.2) is 32.5 Å². The molecular weight excluding hydrogens is 296 g/mol. The number of fused-ring (bicyclic) bond motifs is 1. The van der Waals surface area contributed by atoms with Crippen LogP contribution in [0.5, 0.6) is 11.5 Å². The van der Waals surface area contributed by atoms with E-state index in [1.54, 1.807) is 7.11 Å². The standard InChI is InChI=1S/C14H20N2O4.ClH/c1-9(16-14(17)6-11(7-15)18-2)10-3-4-12-13(5-10)20-8-19-12;/h3-5,9,11H,6-8,15H2,1-2H3,(H,16,17);1H. The molecule has 2 rings (SSSR count). The van der Waals surface area contributed by atoms with E-state index >= 15 is 0 Å². The lowest BCUT2D eigenvalue weighted by molar-refractivity contribution is -0.124. The fraction of sp³-hybridized carbons (Fsp3) is 0.500. The first-order valence-electron chi connectivity index (χ1n) is 6.55. The van der Waals surface area contributed by atoms with Crippen LogP contribution in [-0.2, 0) is 9.53 Å². The summed E-state index contributed by atoms with van der Waals surface area (Å²) in [7, 11) is 1.55. The summed E-state index contributed by atoms with van der Waals surface area (Å²) in [5.74, 6) is 1.35. The number of methoxy groups -OCH3 is 1. The molecule has 1 aliphatic rings. The SMILES string of the molecule is COC(CN)CC(=O)NC(C)c1ccc2c(c1)OCO2.Cl. The van der Waals surface area contributed by atoms with Gasteiger partial charge in [0.15, 0.2) is 11.5 Å². The van der Waals surface area contributed by atoms with Crippen LogP contribution >= 0.6 is 12.4 Å². The maximum atomic E-state index is 11.9. The van der Waals surface area contributed by atoms with Gasteiger partial charge >= 0.3 is 0 Å². The molecule has 0 spiro atoms. The van der Waals surface area contributed by atoms with E-state index in [1.807, 2.05) is 25.1 Å². The fourth-order valence-corrected chi connectivity index (χ4v) is 2.04. The molecule has 1 aromatic rings. The van der Waals surface area contributed by atoms with Gasteiger partial charge in [-0.25, -0.2) is 0 Å². The minimum absolute atomic E-state index is 0. The Bertz CT molecular complexity index is 480. The number of carbonyl (C=O) groups is 1. The Morgan fingerprint density at radius 1 is 1.43 bits per heavy atom. The van der Waals surface area contributed by atoms with Gasteiger partial charge in [0.25, 0.3) is 0 Å². The molecule has 21 heavy (non-hydrogen) atoms. The molecule has 0 bridgehead atoms. The highest BCUT2D eigenvalue weighted by Crippen LogP contribution is 2.34. The van der Waals surface area contributed by atoms with Crippen molar-refractivity contribution >= 4 is 18.3 Å². The van der Waals surface area contributed by atoms with Gasteiger partial charge in [-0.15, -0.1) is 12.4 Å². The minimum atomic E-state index is -0.251. The maximum Gasteiger partial charge on any atom is 0.231 e. The van der Waals surface area contributed by atoms with Crippen molar-refractivity contribution < 1.29 is 19.0 Å². The van der Waals surface area contributed by atoms with Gasteiger partial charge in [0, 0.05) is 13.7 Å². The van der Waals surface area contributed by atoms with E-state index < -0.39 is 0 Å². The van der Waals surface area contributed by atoms with Gasteiger partial charge < -0.3 is 25.3 Å². The summed E-state index contributed by atoms with van der Waals surface area (Å²) in [6.45, 7) is 2.48. The molecule has 0 radical (unpaired) electrons. The molecule has 0 aromatic heterocycles. The van der Waals surface area contributed by atoms with Gasteiger partial charge in [0.05, 0.1) is 18.6 Å². The van der Waals surface area contributed by atoms with Crippen LogP contribution < -0.4 is 20.5 Å². The third-order valence-electron chi connectivity index (χ3n) is 3.28. The Labute approximate surface area is 130 Å². The number of carbonyl (C=O) groups excluding carboxylic acids is 1. The summed E-state index contributed by atoms with van der Waals surface area (Å²) in [5.41, 5.74) is 6.46. The normalized spacial score (nSPS) is 15.0. The highest BCUT2D eigenvalue weighted by atomic mass is 35.5. The fourth-order valence-electron chi connectivity index (χ4n) is 2.04. The van der Waals surface area contributed by atoms with Crippen LogP contribution in [0.3, 0.4) is 0 Å². The van der Waals surface area contributed by atoms with E-state index in [0.29, 0.717) is 12.3 Å². The summed E-state index contributed by atoms with van der Waals surface area (Å²) >= 11 is 0. The van der Waals surface area contributed by atoms with Crippen molar-refractivity contribution in [1.82, 2.24) is 5.32 Å². The van der Waals surface area contributed by atoms with E-state index in [1.165, 1.54) is 0 Å². The molecule has 2 unspecified atom stereocenters. The number of hydrogen-bond donors (Lipinski definition) is 2. The first-order valence-corrected chi connectivity index (χ1v) is 6.55. The van der Waals surface area contributed by atoms with Crippen LogP contribution in [0.1, 0.15) is 24.9 Å². The molecule has 118 valence electrons. The van der Waals surface area contributed by atoms with Crippen molar-refractivity contribution in [3.63, 3.8) is 0 Å². The first kappa shape index (κ1) is 17.6. The Kier molecular flexibility index (Phi) is 6.74. The predicted molar refractivity (Wildman–Crippen MR) is 80.8 cm³/mol. The van der Waals surface area contributed by atoms with E-state index in [0.717, 1.165) is 11.3 Å². The molecule has 1 amide bonds. The minimum Gasteiger partial charge on any atom is -0.454 e. The maximum absolute atomic E-state index is 11.9. The lowest BCUT2D eigenvalue weighted by Gasteiger charge is -2.17. The second-order valence-electron chi connectivity index (χ2n) is 4.70. The van der Waals surface area contributed by atoms with Crippen LogP contribution in [0, 0.1) is 0 Å². The number of nitrogens with one attached hydrogen (secondary N) is 1. The van der Waals surface area contributed by atoms with Crippen LogP contribution in [0.2, 0.25) is 0 Å². The quantitative estimate of drug-likeness (QED) is 0.828. The molecule has 0 fully saturated rings. The smallest absolute Gasteiger partial charge is 0.231 e. The third-order valence-corrected chi connectivity index (χ3v) is 3.28. The summed E-state index contributed by atoms with van der Waals surface area (Å²) in [4.78, 5) is 11.9. The lowest BCUT2D eigenvalue weighted by atomic mass is 10.1. The highest BCUT2D eigenvalue weighted by molar-refractivity contribution is 5.85. The average molecular weight is 317 g/mol. The van der Waals surface area contributed by atoms with Crippen molar-refractivity contribution in [2.45, 2.75) is 25.5 Å². The summed E-state index contributed by atoms with van der Waals surface area (Å²) < 4.78 is 15.7. The Morgan fingerprint density at radius 3 is 2.81 bits per heavy atom.